The van der Waals surface area contributed by atoms with Gasteiger partial charge in [0, 0.05) is 20.3 Å². The van der Waals surface area contributed by atoms with Crippen molar-refractivity contribution in [3.8, 4) is 6.07 Å². The second-order valence-corrected chi connectivity index (χ2v) is 5.12. The third-order valence-corrected chi connectivity index (χ3v) is 5.02. The van der Waals surface area contributed by atoms with Crippen LogP contribution in [-0.2, 0) is 0 Å². The Hall–Kier alpha value is -0.990. The Morgan fingerprint density at radius 3 is 2.82 bits per heavy atom. The molecule has 0 radical (unpaired) electrons. The van der Waals surface area contributed by atoms with E-state index in [1.54, 1.807) is 0 Å². The fraction of sp³-hybridized carbons (Fsp3) is 0.583. The second-order valence-electron chi connectivity index (χ2n) is 4.05. The van der Waals surface area contributed by atoms with Crippen LogP contribution in [0.5, 0.6) is 0 Å². The van der Waals surface area contributed by atoms with Crippen LogP contribution in [0.1, 0.15) is 33.1 Å². The number of allylic oxidation sites excluding steroid dienone is 2. The van der Waals surface area contributed by atoms with Crippen LogP contribution in [0.2, 0.25) is 0 Å². The number of rotatable bonds is 4. The molecule has 0 aromatic rings. The molecule has 1 aliphatic rings. The lowest BCUT2D eigenvalue weighted by atomic mass is 9.75. The highest BCUT2D eigenvalue weighted by molar-refractivity contribution is 14.1. The maximum Gasteiger partial charge on any atom is 0.0776 e. The molecule has 0 heterocycles. The lowest BCUT2D eigenvalue weighted by Crippen LogP contribution is -2.25. The average molecular weight is 342 g/mol. The van der Waals surface area contributed by atoms with E-state index in [1.165, 1.54) is 3.58 Å². The minimum Gasteiger partial charge on any atom is -0.198 e. The molecule has 1 rings (SSSR count). The zero-order valence-corrected chi connectivity index (χ0v) is 12.2. The smallest absolute Gasteiger partial charge is 0.0776 e. The lowest BCUT2D eigenvalue weighted by molar-refractivity contribution is 0.464. The third kappa shape index (κ3) is 2.64. The molecule has 0 bridgehead atoms. The van der Waals surface area contributed by atoms with Crippen LogP contribution in [0.3, 0.4) is 0 Å². The van der Waals surface area contributed by atoms with Crippen LogP contribution in [0, 0.1) is 16.7 Å². The number of azide groups is 1. The summed E-state index contributed by atoms with van der Waals surface area (Å²) in [7, 11) is 0. The standard InChI is InChI=1S/C12H15IN4/c1-3-9-10(16-17-15)5-6-12(4-2,7-8-14)11(9)13/h5-6,10H,3-4,7H2,1-2H3/t10-,12-/m1/s1. The topological polar surface area (TPSA) is 72.5 Å². The zero-order chi connectivity index (χ0) is 12.9. The van der Waals surface area contributed by atoms with Crippen molar-refractivity contribution in [3.63, 3.8) is 0 Å². The molecule has 2 atom stereocenters. The first-order chi connectivity index (χ1) is 8.15. The summed E-state index contributed by atoms with van der Waals surface area (Å²) in [5.74, 6) is 0. The van der Waals surface area contributed by atoms with Gasteiger partial charge in [-0.15, -0.1) is 0 Å². The summed E-state index contributed by atoms with van der Waals surface area (Å²) in [5, 5.41) is 12.8. The molecular formula is C12H15IN4. The Balaban J connectivity index is 3.25. The Morgan fingerprint density at radius 1 is 1.65 bits per heavy atom. The van der Waals surface area contributed by atoms with E-state index in [9.17, 15) is 0 Å². The summed E-state index contributed by atoms with van der Waals surface area (Å²) in [4.78, 5) is 2.88. The maximum absolute atomic E-state index is 8.97. The minimum absolute atomic E-state index is 0.178. The molecule has 0 aromatic carbocycles. The van der Waals surface area contributed by atoms with Gasteiger partial charge in [0.25, 0.3) is 0 Å². The Kier molecular flexibility index (Phi) is 5.03. The molecule has 0 N–H and O–H groups in total. The van der Waals surface area contributed by atoms with Gasteiger partial charge in [0.2, 0.25) is 0 Å². The fourth-order valence-corrected chi connectivity index (χ4v) is 3.57. The number of nitriles is 1. The summed E-state index contributed by atoms with van der Waals surface area (Å²) in [6, 6.07) is 2.07. The third-order valence-electron chi connectivity index (χ3n) is 3.26. The van der Waals surface area contributed by atoms with E-state index < -0.39 is 0 Å². The van der Waals surface area contributed by atoms with Gasteiger partial charge in [-0.3, -0.25) is 0 Å². The number of hydrogen-bond acceptors (Lipinski definition) is 2. The fourth-order valence-electron chi connectivity index (χ4n) is 2.12. The first kappa shape index (κ1) is 14.1. The monoisotopic (exact) mass is 342 g/mol. The molecule has 0 spiro atoms. The van der Waals surface area contributed by atoms with E-state index in [1.807, 2.05) is 12.2 Å². The summed E-state index contributed by atoms with van der Waals surface area (Å²) in [5.41, 5.74) is 9.52. The van der Waals surface area contributed by atoms with Crippen molar-refractivity contribution in [1.82, 2.24) is 0 Å². The van der Waals surface area contributed by atoms with Crippen molar-refractivity contribution in [2.45, 2.75) is 39.2 Å². The van der Waals surface area contributed by atoms with Crippen molar-refractivity contribution in [1.29, 1.82) is 5.26 Å². The average Bonchev–Trinajstić information content (AvgIpc) is 2.34. The number of hydrogen-bond donors (Lipinski definition) is 0. The summed E-state index contributed by atoms with van der Waals surface area (Å²) in [6.07, 6.45) is 6.18. The van der Waals surface area contributed by atoms with Gasteiger partial charge >= 0.3 is 0 Å². The van der Waals surface area contributed by atoms with Crippen LogP contribution in [0.15, 0.2) is 26.4 Å². The Morgan fingerprint density at radius 2 is 2.35 bits per heavy atom. The van der Waals surface area contributed by atoms with Gasteiger partial charge in [-0.1, -0.05) is 31.1 Å². The molecule has 0 fully saturated rings. The molecule has 4 nitrogen and oxygen atoms in total. The van der Waals surface area contributed by atoms with Crippen LogP contribution >= 0.6 is 22.6 Å². The van der Waals surface area contributed by atoms with Crippen molar-refractivity contribution in [2.24, 2.45) is 10.5 Å². The predicted octanol–water partition coefficient (Wildman–Crippen LogP) is 4.64. The van der Waals surface area contributed by atoms with Crippen LogP contribution < -0.4 is 0 Å². The molecule has 0 unspecified atom stereocenters. The van der Waals surface area contributed by atoms with E-state index >= 15 is 0 Å². The van der Waals surface area contributed by atoms with E-state index in [4.69, 9.17) is 10.8 Å². The van der Waals surface area contributed by atoms with Gasteiger partial charge in [-0.2, -0.15) is 5.26 Å². The van der Waals surface area contributed by atoms with Crippen molar-refractivity contribution in [3.05, 3.63) is 31.7 Å². The van der Waals surface area contributed by atoms with Crippen molar-refractivity contribution < 1.29 is 0 Å². The van der Waals surface area contributed by atoms with E-state index in [0.29, 0.717) is 6.42 Å². The largest absolute Gasteiger partial charge is 0.198 e. The molecule has 0 aliphatic heterocycles. The molecule has 17 heavy (non-hydrogen) atoms. The maximum atomic E-state index is 8.97. The highest BCUT2D eigenvalue weighted by Gasteiger charge is 2.34. The van der Waals surface area contributed by atoms with E-state index in [2.05, 4.69) is 52.5 Å². The van der Waals surface area contributed by atoms with Crippen molar-refractivity contribution >= 4 is 22.6 Å². The highest BCUT2D eigenvalue weighted by atomic mass is 127. The Labute approximate surface area is 115 Å². The van der Waals surface area contributed by atoms with Crippen LogP contribution in [0.25, 0.3) is 10.4 Å². The van der Waals surface area contributed by atoms with E-state index in [0.717, 1.165) is 18.4 Å². The van der Waals surface area contributed by atoms with Crippen molar-refractivity contribution in [2.75, 3.05) is 0 Å². The summed E-state index contributed by atoms with van der Waals surface area (Å²) < 4.78 is 1.17. The lowest BCUT2D eigenvalue weighted by Gasteiger charge is -2.34. The molecule has 0 aromatic heterocycles. The molecule has 5 heteroatoms. The molecule has 0 saturated heterocycles. The highest BCUT2D eigenvalue weighted by Crippen LogP contribution is 2.46. The van der Waals surface area contributed by atoms with Gasteiger partial charge in [-0.25, -0.2) is 0 Å². The first-order valence-electron chi connectivity index (χ1n) is 5.64. The van der Waals surface area contributed by atoms with Gasteiger partial charge in [0.15, 0.2) is 0 Å². The predicted molar refractivity (Wildman–Crippen MR) is 76.4 cm³/mol. The SMILES string of the molecule is CCC1=C(I)[C@@](CC)(CC#N)C=C[C@H]1N=[N+]=[N-]. The first-order valence-corrected chi connectivity index (χ1v) is 6.72. The summed E-state index contributed by atoms with van der Waals surface area (Å²) >= 11 is 2.31. The minimum atomic E-state index is -0.185. The molecule has 0 saturated carbocycles. The quantitative estimate of drug-likeness (QED) is 0.241. The molecule has 1 aliphatic carbocycles. The number of nitrogens with zero attached hydrogens (tertiary/aromatic N) is 4. The zero-order valence-electron chi connectivity index (χ0n) is 10.0. The normalized spacial score (nSPS) is 27.5. The second kappa shape index (κ2) is 6.08. The molecular weight excluding hydrogens is 327 g/mol. The van der Waals surface area contributed by atoms with Gasteiger partial charge in [0.1, 0.15) is 0 Å². The van der Waals surface area contributed by atoms with Gasteiger partial charge in [0.05, 0.1) is 12.1 Å². The van der Waals surface area contributed by atoms with Crippen LogP contribution in [0.4, 0.5) is 0 Å². The van der Waals surface area contributed by atoms with E-state index in [-0.39, 0.29) is 11.5 Å². The van der Waals surface area contributed by atoms with Crippen LogP contribution in [-0.4, -0.2) is 6.04 Å². The molecule has 90 valence electrons. The van der Waals surface area contributed by atoms with Gasteiger partial charge < -0.3 is 0 Å². The molecule has 0 amide bonds. The Bertz CT molecular complexity index is 440. The summed E-state index contributed by atoms with van der Waals surface area (Å²) in [6.45, 7) is 4.14. The van der Waals surface area contributed by atoms with Gasteiger partial charge in [-0.05, 0) is 46.5 Å². The number of halogens is 1.